The highest BCUT2D eigenvalue weighted by molar-refractivity contribution is 6.03. The normalized spacial score (nSPS) is 18.1. The summed E-state index contributed by atoms with van der Waals surface area (Å²) in [5.41, 5.74) is 1.03. The first-order valence-electron chi connectivity index (χ1n) is 6.36. The van der Waals surface area contributed by atoms with Crippen LogP contribution in [0.2, 0.25) is 0 Å². The molecule has 3 N–H and O–H groups in total. The number of amides is 2. The van der Waals surface area contributed by atoms with Crippen LogP contribution in [0.3, 0.4) is 0 Å². The van der Waals surface area contributed by atoms with Gasteiger partial charge in [0.1, 0.15) is 5.56 Å². The highest BCUT2D eigenvalue weighted by atomic mass is 16.2. The predicted octanol–water partition coefficient (Wildman–Crippen LogP) is 1.37. The molecule has 6 nitrogen and oxygen atoms in total. The zero-order valence-corrected chi connectivity index (χ0v) is 11.1. The van der Waals surface area contributed by atoms with Gasteiger partial charge in [0.2, 0.25) is 5.91 Å². The van der Waals surface area contributed by atoms with E-state index in [1.54, 1.807) is 14.0 Å². The number of rotatable bonds is 3. The number of anilines is 1. The predicted molar refractivity (Wildman–Crippen MR) is 71.8 cm³/mol. The van der Waals surface area contributed by atoms with Crippen LogP contribution < -0.4 is 10.6 Å². The summed E-state index contributed by atoms with van der Waals surface area (Å²) in [5, 5.41) is 12.0. The van der Waals surface area contributed by atoms with Gasteiger partial charge in [-0.15, -0.1) is 0 Å². The van der Waals surface area contributed by atoms with Crippen LogP contribution in [-0.4, -0.2) is 29.1 Å². The Morgan fingerprint density at radius 2 is 2.21 bits per heavy atom. The van der Waals surface area contributed by atoms with Crippen LogP contribution in [0.25, 0.3) is 0 Å². The molecule has 1 aliphatic carbocycles. The molecule has 2 rings (SSSR count). The second kappa shape index (κ2) is 5.69. The van der Waals surface area contributed by atoms with E-state index in [4.69, 9.17) is 0 Å². The van der Waals surface area contributed by atoms with E-state index in [1.165, 1.54) is 0 Å². The molecule has 0 bridgehead atoms. The molecule has 6 heteroatoms. The van der Waals surface area contributed by atoms with Gasteiger partial charge in [-0.3, -0.25) is 14.7 Å². The number of carbonyl (C=O) groups is 2. The van der Waals surface area contributed by atoms with Crippen molar-refractivity contribution in [1.29, 1.82) is 0 Å². The summed E-state index contributed by atoms with van der Waals surface area (Å²) in [6.07, 6.45) is 6.59. The SMILES string of the molecule is CNC(=O)c1c(NC(=O)[C@H]2CC=CCC2)n[nH]c1C. The number of aromatic nitrogens is 2. The fraction of sp³-hybridized carbons (Fsp3) is 0.462. The lowest BCUT2D eigenvalue weighted by Crippen LogP contribution is -2.26. The maximum absolute atomic E-state index is 12.1. The summed E-state index contributed by atoms with van der Waals surface area (Å²) in [4.78, 5) is 23.8. The van der Waals surface area contributed by atoms with Crippen LogP contribution in [-0.2, 0) is 4.79 Å². The highest BCUT2D eigenvalue weighted by Gasteiger charge is 2.23. The van der Waals surface area contributed by atoms with E-state index in [-0.39, 0.29) is 17.7 Å². The third-order valence-corrected chi connectivity index (χ3v) is 3.28. The molecule has 2 amide bonds. The Morgan fingerprint density at radius 3 is 2.84 bits per heavy atom. The molecule has 0 saturated carbocycles. The first kappa shape index (κ1) is 13.3. The molecule has 0 radical (unpaired) electrons. The molecule has 0 aromatic carbocycles. The summed E-state index contributed by atoms with van der Waals surface area (Å²) in [6.45, 7) is 1.75. The molecule has 19 heavy (non-hydrogen) atoms. The first-order chi connectivity index (χ1) is 9.13. The molecule has 1 aromatic heterocycles. The smallest absolute Gasteiger partial charge is 0.256 e. The fourth-order valence-electron chi connectivity index (χ4n) is 2.17. The van der Waals surface area contributed by atoms with E-state index < -0.39 is 0 Å². The Morgan fingerprint density at radius 1 is 1.42 bits per heavy atom. The van der Waals surface area contributed by atoms with Crippen LogP contribution in [0.5, 0.6) is 0 Å². The minimum atomic E-state index is -0.259. The Balaban J connectivity index is 2.12. The van der Waals surface area contributed by atoms with Crippen LogP contribution in [0.1, 0.15) is 35.3 Å². The van der Waals surface area contributed by atoms with Gasteiger partial charge in [0.15, 0.2) is 5.82 Å². The molecule has 102 valence electrons. The van der Waals surface area contributed by atoms with Crippen LogP contribution >= 0.6 is 0 Å². The molecule has 1 aliphatic rings. The minimum absolute atomic E-state index is 0.0421. The van der Waals surface area contributed by atoms with Crippen molar-refractivity contribution in [3.63, 3.8) is 0 Å². The number of allylic oxidation sites excluding steroid dienone is 2. The van der Waals surface area contributed by atoms with Gasteiger partial charge < -0.3 is 10.6 Å². The van der Waals surface area contributed by atoms with E-state index >= 15 is 0 Å². The van der Waals surface area contributed by atoms with Crippen LogP contribution in [0.4, 0.5) is 5.82 Å². The molecule has 0 aliphatic heterocycles. The average molecular weight is 262 g/mol. The second-order valence-corrected chi connectivity index (χ2v) is 4.62. The van der Waals surface area contributed by atoms with Gasteiger partial charge in [-0.25, -0.2) is 0 Å². The molecule has 0 unspecified atom stereocenters. The van der Waals surface area contributed by atoms with Crippen LogP contribution in [0.15, 0.2) is 12.2 Å². The number of nitrogens with one attached hydrogen (secondary N) is 3. The molecular formula is C13H18N4O2. The molecule has 1 heterocycles. The molecule has 0 saturated heterocycles. The van der Waals surface area contributed by atoms with Gasteiger partial charge >= 0.3 is 0 Å². The Labute approximate surface area is 111 Å². The monoisotopic (exact) mass is 262 g/mol. The number of hydrogen-bond acceptors (Lipinski definition) is 3. The third kappa shape index (κ3) is 2.83. The Kier molecular flexibility index (Phi) is 3.99. The summed E-state index contributed by atoms with van der Waals surface area (Å²) in [5.74, 6) is -0.0814. The summed E-state index contributed by atoms with van der Waals surface area (Å²) >= 11 is 0. The van der Waals surface area contributed by atoms with Crippen molar-refractivity contribution in [2.24, 2.45) is 5.92 Å². The topological polar surface area (TPSA) is 86.9 Å². The van der Waals surface area contributed by atoms with E-state index in [2.05, 4.69) is 26.9 Å². The number of carbonyl (C=O) groups excluding carboxylic acids is 2. The fourth-order valence-corrected chi connectivity index (χ4v) is 2.17. The largest absolute Gasteiger partial charge is 0.355 e. The third-order valence-electron chi connectivity index (χ3n) is 3.28. The van der Waals surface area contributed by atoms with Gasteiger partial charge in [0.25, 0.3) is 5.91 Å². The van der Waals surface area contributed by atoms with Crippen molar-refractivity contribution in [1.82, 2.24) is 15.5 Å². The van der Waals surface area contributed by atoms with Crippen molar-refractivity contribution < 1.29 is 9.59 Å². The molecule has 1 aromatic rings. The minimum Gasteiger partial charge on any atom is -0.355 e. The zero-order chi connectivity index (χ0) is 13.8. The quantitative estimate of drug-likeness (QED) is 0.719. The van der Waals surface area contributed by atoms with Gasteiger partial charge in [-0.05, 0) is 26.2 Å². The standard InChI is InChI=1S/C13H18N4O2/c1-8-10(13(19)14-2)11(17-16-8)15-12(18)9-6-4-3-5-7-9/h3-4,9H,5-7H2,1-2H3,(H,14,19)(H2,15,16,17,18)/t9-/m0/s1. The van der Waals surface area contributed by atoms with Crippen molar-refractivity contribution in [2.75, 3.05) is 12.4 Å². The van der Waals surface area contributed by atoms with Crippen molar-refractivity contribution in [3.8, 4) is 0 Å². The van der Waals surface area contributed by atoms with Crippen molar-refractivity contribution in [2.45, 2.75) is 26.2 Å². The highest BCUT2D eigenvalue weighted by Crippen LogP contribution is 2.22. The van der Waals surface area contributed by atoms with E-state index in [0.29, 0.717) is 17.1 Å². The van der Waals surface area contributed by atoms with Crippen molar-refractivity contribution >= 4 is 17.6 Å². The van der Waals surface area contributed by atoms with Gasteiger partial charge in [0.05, 0.1) is 0 Å². The molecule has 0 spiro atoms. The maximum atomic E-state index is 12.1. The van der Waals surface area contributed by atoms with Gasteiger partial charge in [0, 0.05) is 18.7 Å². The number of aromatic amines is 1. The number of aryl methyl sites for hydroxylation is 1. The van der Waals surface area contributed by atoms with E-state index in [1.807, 2.05) is 6.08 Å². The summed E-state index contributed by atoms with van der Waals surface area (Å²) in [7, 11) is 1.55. The summed E-state index contributed by atoms with van der Waals surface area (Å²) in [6, 6.07) is 0. The zero-order valence-electron chi connectivity index (χ0n) is 11.1. The van der Waals surface area contributed by atoms with Crippen molar-refractivity contribution in [3.05, 3.63) is 23.4 Å². The Hall–Kier alpha value is -2.11. The Bertz CT molecular complexity index is 519. The summed E-state index contributed by atoms with van der Waals surface area (Å²) < 4.78 is 0. The maximum Gasteiger partial charge on any atom is 0.256 e. The number of nitrogens with zero attached hydrogens (tertiary/aromatic N) is 1. The number of H-pyrrole nitrogens is 1. The molecular weight excluding hydrogens is 244 g/mol. The second-order valence-electron chi connectivity index (χ2n) is 4.62. The first-order valence-corrected chi connectivity index (χ1v) is 6.36. The molecule has 0 fully saturated rings. The lowest BCUT2D eigenvalue weighted by atomic mass is 9.93. The molecule has 1 atom stereocenters. The van der Waals surface area contributed by atoms with E-state index in [0.717, 1.165) is 19.3 Å². The van der Waals surface area contributed by atoms with Gasteiger partial charge in [-0.2, -0.15) is 5.10 Å². The van der Waals surface area contributed by atoms with E-state index in [9.17, 15) is 9.59 Å². The lowest BCUT2D eigenvalue weighted by molar-refractivity contribution is -0.120. The number of hydrogen-bond donors (Lipinski definition) is 3. The van der Waals surface area contributed by atoms with Crippen LogP contribution in [0, 0.1) is 12.8 Å². The van der Waals surface area contributed by atoms with Gasteiger partial charge in [-0.1, -0.05) is 12.2 Å². The average Bonchev–Trinajstić information content (AvgIpc) is 2.80. The lowest BCUT2D eigenvalue weighted by Gasteiger charge is -2.16.